The lowest BCUT2D eigenvalue weighted by atomic mass is 10.1. The molecule has 0 aliphatic rings. The highest BCUT2D eigenvalue weighted by Gasteiger charge is 2.11. The van der Waals surface area contributed by atoms with E-state index in [1.165, 1.54) is 0 Å². The maximum atomic E-state index is 12.3. The van der Waals surface area contributed by atoms with Crippen LogP contribution in [0.1, 0.15) is 21.6 Å². The van der Waals surface area contributed by atoms with Crippen molar-refractivity contribution >= 4 is 22.5 Å². The molecule has 1 heterocycles. The average Bonchev–Trinajstić information content (AvgIpc) is 2.76. The highest BCUT2D eigenvalue weighted by molar-refractivity contribution is 6.07. The van der Waals surface area contributed by atoms with Gasteiger partial charge in [-0.2, -0.15) is 0 Å². The van der Waals surface area contributed by atoms with Gasteiger partial charge in [0.15, 0.2) is 0 Å². The van der Waals surface area contributed by atoms with Crippen LogP contribution < -0.4 is 5.32 Å². The van der Waals surface area contributed by atoms with Crippen LogP contribution in [0.2, 0.25) is 0 Å². The van der Waals surface area contributed by atoms with Crippen molar-refractivity contribution < 1.29 is 9.90 Å². The molecule has 106 valence electrons. The number of aromatic amines is 1. The molecule has 1 amide bonds. The third-order valence-electron chi connectivity index (χ3n) is 3.72. The fraction of sp³-hybridized carbons (Fsp3) is 0.118. The number of hydrogen-bond acceptors (Lipinski definition) is 2. The molecule has 0 aliphatic heterocycles. The van der Waals surface area contributed by atoms with Crippen LogP contribution in [0.5, 0.6) is 5.75 Å². The summed E-state index contributed by atoms with van der Waals surface area (Å²) in [6.45, 7) is 4.04. The van der Waals surface area contributed by atoms with E-state index in [2.05, 4.69) is 10.3 Å². The van der Waals surface area contributed by atoms with Crippen molar-refractivity contribution in [3.63, 3.8) is 0 Å². The van der Waals surface area contributed by atoms with Crippen LogP contribution >= 0.6 is 0 Å². The predicted molar refractivity (Wildman–Crippen MR) is 83.8 cm³/mol. The number of nitrogens with one attached hydrogen (secondary N) is 2. The number of rotatable bonds is 2. The lowest BCUT2D eigenvalue weighted by molar-refractivity contribution is 0.102. The van der Waals surface area contributed by atoms with E-state index in [-0.39, 0.29) is 11.7 Å². The number of benzene rings is 2. The second kappa shape index (κ2) is 4.98. The lowest BCUT2D eigenvalue weighted by Crippen LogP contribution is -2.11. The quantitative estimate of drug-likeness (QED) is 0.626. The molecule has 0 spiro atoms. The van der Waals surface area contributed by atoms with E-state index in [1.54, 1.807) is 30.3 Å². The van der Waals surface area contributed by atoms with Crippen LogP contribution in [-0.2, 0) is 0 Å². The molecule has 3 aromatic rings. The van der Waals surface area contributed by atoms with Gasteiger partial charge in [0.25, 0.3) is 5.91 Å². The third-order valence-corrected chi connectivity index (χ3v) is 3.72. The SMILES string of the molecule is Cc1[nH]c2ccc(C(=O)Nc3ccccc3O)cc2c1C. The molecule has 0 atom stereocenters. The summed E-state index contributed by atoms with van der Waals surface area (Å²) in [7, 11) is 0. The number of hydrogen-bond donors (Lipinski definition) is 3. The van der Waals surface area contributed by atoms with Crippen molar-refractivity contribution in [3.05, 3.63) is 59.3 Å². The number of phenols is 1. The molecule has 0 saturated heterocycles. The van der Waals surface area contributed by atoms with E-state index in [0.717, 1.165) is 22.2 Å². The van der Waals surface area contributed by atoms with Crippen LogP contribution in [0.4, 0.5) is 5.69 Å². The number of carbonyl (C=O) groups is 1. The largest absolute Gasteiger partial charge is 0.506 e. The first-order valence-corrected chi connectivity index (χ1v) is 6.74. The predicted octanol–water partition coefficient (Wildman–Crippen LogP) is 3.74. The second-order valence-electron chi connectivity index (χ2n) is 5.11. The molecule has 1 aromatic heterocycles. The molecule has 0 fully saturated rings. The Balaban J connectivity index is 1.95. The van der Waals surface area contributed by atoms with E-state index in [0.29, 0.717) is 11.3 Å². The summed E-state index contributed by atoms with van der Waals surface area (Å²) in [5, 5.41) is 13.5. The van der Waals surface area contributed by atoms with Gasteiger partial charge in [-0.15, -0.1) is 0 Å². The van der Waals surface area contributed by atoms with Gasteiger partial charge in [0.1, 0.15) is 5.75 Å². The summed E-state index contributed by atoms with van der Waals surface area (Å²) in [5.74, 6) is -0.183. The molecular weight excluding hydrogens is 264 g/mol. The van der Waals surface area contributed by atoms with Crippen LogP contribution in [0.3, 0.4) is 0 Å². The fourth-order valence-electron chi connectivity index (χ4n) is 2.38. The Labute approximate surface area is 122 Å². The topological polar surface area (TPSA) is 65.1 Å². The first-order chi connectivity index (χ1) is 10.1. The van der Waals surface area contributed by atoms with Gasteiger partial charge in [-0.1, -0.05) is 12.1 Å². The molecule has 4 nitrogen and oxygen atoms in total. The Morgan fingerprint density at radius 3 is 2.67 bits per heavy atom. The summed E-state index contributed by atoms with van der Waals surface area (Å²) in [6.07, 6.45) is 0. The van der Waals surface area contributed by atoms with E-state index in [4.69, 9.17) is 0 Å². The number of carbonyl (C=O) groups excluding carboxylic acids is 1. The highest BCUT2D eigenvalue weighted by atomic mass is 16.3. The van der Waals surface area contributed by atoms with Crippen LogP contribution in [-0.4, -0.2) is 16.0 Å². The Kier molecular flexibility index (Phi) is 3.14. The van der Waals surface area contributed by atoms with Crippen molar-refractivity contribution in [2.24, 2.45) is 0 Å². The average molecular weight is 280 g/mol. The molecule has 21 heavy (non-hydrogen) atoms. The molecule has 2 aromatic carbocycles. The van der Waals surface area contributed by atoms with Gasteiger partial charge in [-0.25, -0.2) is 0 Å². The second-order valence-corrected chi connectivity index (χ2v) is 5.11. The normalized spacial score (nSPS) is 10.8. The van der Waals surface area contributed by atoms with Crippen LogP contribution in [0, 0.1) is 13.8 Å². The molecule has 0 saturated carbocycles. The number of aryl methyl sites for hydroxylation is 2. The minimum absolute atomic E-state index is 0.0561. The standard InChI is InChI=1S/C17H16N2O2/c1-10-11(2)18-14-8-7-12(9-13(10)14)17(21)19-15-5-3-4-6-16(15)20/h3-9,18,20H,1-2H3,(H,19,21). The number of aromatic nitrogens is 1. The van der Waals surface area contributed by atoms with E-state index in [1.807, 2.05) is 26.0 Å². The number of aromatic hydroxyl groups is 1. The number of amides is 1. The van der Waals surface area contributed by atoms with Gasteiger partial charge in [-0.05, 0) is 49.7 Å². The molecule has 0 aliphatic carbocycles. The Morgan fingerprint density at radius 1 is 1.14 bits per heavy atom. The van der Waals surface area contributed by atoms with Gasteiger partial charge in [0, 0.05) is 22.2 Å². The molecular formula is C17H16N2O2. The Morgan fingerprint density at radius 2 is 1.90 bits per heavy atom. The van der Waals surface area contributed by atoms with Crippen molar-refractivity contribution in [1.29, 1.82) is 0 Å². The van der Waals surface area contributed by atoms with Gasteiger partial charge in [0.2, 0.25) is 0 Å². The summed E-state index contributed by atoms with van der Waals surface area (Å²) in [5.41, 5.74) is 4.23. The van der Waals surface area contributed by atoms with Crippen molar-refractivity contribution in [2.45, 2.75) is 13.8 Å². The monoisotopic (exact) mass is 280 g/mol. The lowest BCUT2D eigenvalue weighted by Gasteiger charge is -2.07. The minimum atomic E-state index is -0.239. The van der Waals surface area contributed by atoms with Crippen molar-refractivity contribution in [1.82, 2.24) is 4.98 Å². The summed E-state index contributed by atoms with van der Waals surface area (Å²) in [4.78, 5) is 15.6. The molecule has 3 N–H and O–H groups in total. The summed E-state index contributed by atoms with van der Waals surface area (Å²) < 4.78 is 0. The van der Waals surface area contributed by atoms with Crippen LogP contribution in [0.15, 0.2) is 42.5 Å². The zero-order valence-electron chi connectivity index (χ0n) is 11.9. The molecule has 0 radical (unpaired) electrons. The molecule has 4 heteroatoms. The zero-order valence-corrected chi connectivity index (χ0v) is 11.9. The van der Waals surface area contributed by atoms with Gasteiger partial charge in [0.05, 0.1) is 5.69 Å². The molecule has 3 rings (SSSR count). The third kappa shape index (κ3) is 2.36. The molecule has 0 bridgehead atoms. The number of H-pyrrole nitrogens is 1. The number of para-hydroxylation sites is 2. The minimum Gasteiger partial charge on any atom is -0.506 e. The zero-order chi connectivity index (χ0) is 15.0. The van der Waals surface area contributed by atoms with Crippen LogP contribution in [0.25, 0.3) is 10.9 Å². The summed E-state index contributed by atoms with van der Waals surface area (Å²) >= 11 is 0. The number of fused-ring (bicyclic) bond motifs is 1. The number of phenolic OH excluding ortho intramolecular Hbond substituents is 1. The molecule has 0 unspecified atom stereocenters. The van der Waals surface area contributed by atoms with Crippen molar-refractivity contribution in [3.8, 4) is 5.75 Å². The van der Waals surface area contributed by atoms with Gasteiger partial charge in [-0.3, -0.25) is 4.79 Å². The maximum absolute atomic E-state index is 12.3. The van der Waals surface area contributed by atoms with Gasteiger partial charge < -0.3 is 15.4 Å². The first-order valence-electron chi connectivity index (χ1n) is 6.74. The van der Waals surface area contributed by atoms with E-state index in [9.17, 15) is 9.90 Å². The maximum Gasteiger partial charge on any atom is 0.255 e. The Bertz CT molecular complexity index is 834. The van der Waals surface area contributed by atoms with Crippen molar-refractivity contribution in [2.75, 3.05) is 5.32 Å². The number of anilines is 1. The smallest absolute Gasteiger partial charge is 0.255 e. The van der Waals surface area contributed by atoms with Gasteiger partial charge >= 0.3 is 0 Å². The Hall–Kier alpha value is -2.75. The van der Waals surface area contributed by atoms with E-state index < -0.39 is 0 Å². The summed E-state index contributed by atoms with van der Waals surface area (Å²) in [6, 6.07) is 12.2. The van der Waals surface area contributed by atoms with E-state index >= 15 is 0 Å². The first kappa shape index (κ1) is 13.2. The highest BCUT2D eigenvalue weighted by Crippen LogP contribution is 2.25. The fourth-order valence-corrected chi connectivity index (χ4v) is 2.38.